The van der Waals surface area contributed by atoms with Crippen LogP contribution in [-0.2, 0) is 14.4 Å². The third kappa shape index (κ3) is 5.02. The van der Waals surface area contributed by atoms with Gasteiger partial charge in [-0.05, 0) is 54.8 Å². The van der Waals surface area contributed by atoms with Gasteiger partial charge in [0.05, 0.1) is 22.8 Å². The molecule has 2 aliphatic rings. The van der Waals surface area contributed by atoms with Gasteiger partial charge in [0.1, 0.15) is 17.1 Å². The van der Waals surface area contributed by atoms with E-state index in [0.717, 1.165) is 4.90 Å². The van der Waals surface area contributed by atoms with Gasteiger partial charge >= 0.3 is 5.97 Å². The summed E-state index contributed by atoms with van der Waals surface area (Å²) >= 11 is 2.98. The number of carbonyl (C=O) groups is 3. The number of nitrogens with one attached hydrogen (secondary N) is 1. The summed E-state index contributed by atoms with van der Waals surface area (Å²) in [6.45, 7) is 0.168. The Morgan fingerprint density at radius 2 is 1.80 bits per heavy atom. The Morgan fingerprint density at radius 3 is 2.45 bits per heavy atom. The van der Waals surface area contributed by atoms with Gasteiger partial charge in [-0.3, -0.25) is 34.7 Å². The van der Waals surface area contributed by atoms with Gasteiger partial charge in [0.2, 0.25) is 11.8 Å². The number of imide groups is 1. The standard InChI is InChI=1S/C28H27N3O7S2/c1-39-15-13-28(27(34)35)23-22(25(32)30(26(23)33)14-16-40-19-5-3-2-4-6-19)24(29-28)21-12-11-20(38-21)17-7-9-18(10-8-17)31(36)37/h2-12,22-24,29H,13-16H2,1H3,(H,34,35). The van der Waals surface area contributed by atoms with Crippen LogP contribution in [-0.4, -0.2) is 62.6 Å². The maximum Gasteiger partial charge on any atom is 0.324 e. The minimum Gasteiger partial charge on any atom is -0.480 e. The molecule has 2 amide bonds. The van der Waals surface area contributed by atoms with Gasteiger partial charge in [-0.1, -0.05) is 18.2 Å². The number of nitro groups is 1. The predicted molar refractivity (Wildman–Crippen MR) is 151 cm³/mol. The van der Waals surface area contributed by atoms with Crippen LogP contribution in [0.5, 0.6) is 0 Å². The molecule has 2 N–H and O–H groups in total. The number of non-ortho nitro benzene ring substituents is 1. The summed E-state index contributed by atoms with van der Waals surface area (Å²) in [4.78, 5) is 53.0. The number of likely N-dealkylation sites (tertiary alicyclic amines) is 1. The van der Waals surface area contributed by atoms with E-state index >= 15 is 0 Å². The molecule has 0 radical (unpaired) electrons. The second-order valence-corrected chi connectivity index (χ2v) is 11.8. The van der Waals surface area contributed by atoms with Crippen LogP contribution in [0.4, 0.5) is 5.69 Å². The van der Waals surface area contributed by atoms with E-state index in [2.05, 4.69) is 5.32 Å². The van der Waals surface area contributed by atoms with Crippen LogP contribution in [0.2, 0.25) is 0 Å². The lowest BCUT2D eigenvalue weighted by Crippen LogP contribution is -2.56. The van der Waals surface area contributed by atoms with Gasteiger partial charge in [0, 0.05) is 34.9 Å². The molecule has 0 saturated carbocycles. The van der Waals surface area contributed by atoms with E-state index in [9.17, 15) is 29.6 Å². The third-order valence-corrected chi connectivity index (χ3v) is 9.05. The van der Waals surface area contributed by atoms with Crippen LogP contribution in [0.1, 0.15) is 18.2 Å². The van der Waals surface area contributed by atoms with Gasteiger partial charge in [0.15, 0.2) is 0 Å². The van der Waals surface area contributed by atoms with Crippen molar-refractivity contribution in [1.82, 2.24) is 10.2 Å². The third-order valence-electron chi connectivity index (χ3n) is 7.45. The quantitative estimate of drug-likeness (QED) is 0.144. The minimum absolute atomic E-state index is 0.0588. The first-order valence-corrected chi connectivity index (χ1v) is 15.0. The van der Waals surface area contributed by atoms with Gasteiger partial charge < -0.3 is 9.52 Å². The highest BCUT2D eigenvalue weighted by Crippen LogP contribution is 2.51. The summed E-state index contributed by atoms with van der Waals surface area (Å²) in [6, 6.07) is 18.0. The summed E-state index contributed by atoms with van der Waals surface area (Å²) in [7, 11) is 0. The highest BCUT2D eigenvalue weighted by Gasteiger charge is 2.68. The van der Waals surface area contributed by atoms with Crippen molar-refractivity contribution < 1.29 is 28.8 Å². The fourth-order valence-electron chi connectivity index (χ4n) is 5.52. The second kappa shape index (κ2) is 11.5. The van der Waals surface area contributed by atoms with Crippen molar-refractivity contribution in [2.24, 2.45) is 11.8 Å². The van der Waals surface area contributed by atoms with Crippen LogP contribution in [0.25, 0.3) is 11.3 Å². The molecule has 10 nitrogen and oxygen atoms in total. The van der Waals surface area contributed by atoms with E-state index in [0.29, 0.717) is 28.6 Å². The number of amides is 2. The van der Waals surface area contributed by atoms with Crippen molar-refractivity contribution in [3.8, 4) is 11.3 Å². The van der Waals surface area contributed by atoms with Gasteiger partial charge in [-0.15, -0.1) is 11.8 Å². The zero-order valence-electron chi connectivity index (χ0n) is 21.5. The predicted octanol–water partition coefficient (Wildman–Crippen LogP) is 4.47. The number of hydrogen-bond donors (Lipinski definition) is 2. The molecule has 2 fully saturated rings. The number of hydrogen-bond acceptors (Lipinski definition) is 9. The zero-order chi connectivity index (χ0) is 28.4. The normalized spacial score (nSPS) is 23.9. The molecule has 4 unspecified atom stereocenters. The highest BCUT2D eigenvalue weighted by atomic mass is 32.2. The number of fused-ring (bicyclic) bond motifs is 1. The Balaban J connectivity index is 1.44. The Hall–Kier alpha value is -3.61. The first-order valence-electron chi connectivity index (χ1n) is 12.6. The first-order chi connectivity index (χ1) is 19.3. The Bertz CT molecular complexity index is 1430. The van der Waals surface area contributed by atoms with Crippen molar-refractivity contribution in [3.05, 3.63) is 82.6 Å². The van der Waals surface area contributed by atoms with Crippen molar-refractivity contribution in [3.63, 3.8) is 0 Å². The van der Waals surface area contributed by atoms with Crippen LogP contribution in [0.15, 0.2) is 76.0 Å². The molecule has 2 saturated heterocycles. The smallest absolute Gasteiger partial charge is 0.324 e. The molecule has 4 atom stereocenters. The number of aliphatic carboxylic acids is 1. The highest BCUT2D eigenvalue weighted by molar-refractivity contribution is 7.99. The fraction of sp³-hybridized carbons (Fsp3) is 0.321. The molecule has 3 heterocycles. The topological polar surface area (TPSA) is 143 Å². The van der Waals surface area contributed by atoms with Crippen LogP contribution >= 0.6 is 23.5 Å². The number of carbonyl (C=O) groups excluding carboxylic acids is 2. The van der Waals surface area contributed by atoms with E-state index < -0.39 is 46.1 Å². The number of carboxylic acids is 1. The molecule has 5 rings (SSSR count). The molecule has 12 heteroatoms. The molecule has 3 aromatic rings. The summed E-state index contributed by atoms with van der Waals surface area (Å²) < 4.78 is 6.08. The average Bonchev–Trinajstić information content (AvgIpc) is 3.64. The largest absolute Gasteiger partial charge is 0.480 e. The van der Waals surface area contributed by atoms with Crippen LogP contribution in [0, 0.1) is 22.0 Å². The summed E-state index contributed by atoms with van der Waals surface area (Å²) in [5.74, 6) is -2.39. The maximum absolute atomic E-state index is 13.7. The molecule has 0 aliphatic carbocycles. The van der Waals surface area contributed by atoms with E-state index in [4.69, 9.17) is 4.42 Å². The van der Waals surface area contributed by atoms with Gasteiger partial charge in [-0.25, -0.2) is 0 Å². The van der Waals surface area contributed by atoms with Gasteiger partial charge in [-0.2, -0.15) is 11.8 Å². The average molecular weight is 582 g/mol. The Labute approximate surface area is 238 Å². The number of nitrogens with zero attached hydrogens (tertiary/aromatic N) is 2. The molecule has 40 heavy (non-hydrogen) atoms. The number of nitro benzene ring substituents is 1. The second-order valence-electron chi connectivity index (χ2n) is 9.64. The molecule has 1 aromatic heterocycles. The number of thioether (sulfide) groups is 2. The first kappa shape index (κ1) is 27.9. The van der Waals surface area contributed by atoms with E-state index in [1.165, 1.54) is 40.6 Å². The van der Waals surface area contributed by atoms with E-state index in [1.54, 1.807) is 24.3 Å². The van der Waals surface area contributed by atoms with Crippen LogP contribution < -0.4 is 5.32 Å². The fourth-order valence-corrected chi connectivity index (χ4v) is 6.90. The molecule has 2 aliphatic heterocycles. The Kier molecular flexibility index (Phi) is 8.02. The number of carboxylic acid groups (broad SMARTS) is 1. The lowest BCUT2D eigenvalue weighted by molar-refractivity contribution is -0.384. The molecule has 208 valence electrons. The lowest BCUT2D eigenvalue weighted by Gasteiger charge is -2.30. The summed E-state index contributed by atoms with van der Waals surface area (Å²) in [5.41, 5.74) is -1.10. The number of benzene rings is 2. The summed E-state index contributed by atoms with van der Waals surface area (Å²) in [6.07, 6.45) is 2.01. The molecular weight excluding hydrogens is 554 g/mol. The van der Waals surface area contributed by atoms with Crippen molar-refractivity contribution >= 4 is 47.0 Å². The molecule has 0 bridgehead atoms. The molecule has 2 aromatic carbocycles. The Morgan fingerprint density at radius 1 is 1.07 bits per heavy atom. The van der Waals surface area contributed by atoms with Crippen LogP contribution in [0.3, 0.4) is 0 Å². The minimum atomic E-state index is -1.63. The van der Waals surface area contributed by atoms with E-state index in [-0.39, 0.29) is 18.7 Å². The SMILES string of the molecule is CSCCC1(C(=O)O)NC(c2ccc(-c3ccc([N+](=O)[O-])cc3)o2)C2C(=O)N(CCSc3ccccc3)C(=O)C21. The lowest BCUT2D eigenvalue weighted by atomic mass is 9.78. The maximum atomic E-state index is 13.7. The molecule has 0 spiro atoms. The van der Waals surface area contributed by atoms with E-state index in [1.807, 2.05) is 36.6 Å². The zero-order valence-corrected chi connectivity index (χ0v) is 23.2. The van der Waals surface area contributed by atoms with Crippen molar-refractivity contribution in [2.45, 2.75) is 22.9 Å². The summed E-state index contributed by atoms with van der Waals surface area (Å²) in [5, 5.41) is 24.6. The number of rotatable bonds is 11. The van der Waals surface area contributed by atoms with Crippen molar-refractivity contribution in [2.75, 3.05) is 24.3 Å². The monoisotopic (exact) mass is 581 g/mol. The number of furan rings is 1. The van der Waals surface area contributed by atoms with Crippen molar-refractivity contribution in [1.29, 1.82) is 0 Å². The van der Waals surface area contributed by atoms with Gasteiger partial charge in [0.25, 0.3) is 5.69 Å². The molecular formula is C28H27N3O7S2.